The molecule has 1 fully saturated rings. The van der Waals surface area contributed by atoms with Crippen LogP contribution in [0.5, 0.6) is 0 Å². The summed E-state index contributed by atoms with van der Waals surface area (Å²) in [5.41, 5.74) is -4.38. The van der Waals surface area contributed by atoms with Crippen molar-refractivity contribution in [2.24, 2.45) is 0 Å². The van der Waals surface area contributed by atoms with E-state index in [9.17, 15) is 44.6 Å². The normalized spacial score (nSPS) is 21.2. The third-order valence-electron chi connectivity index (χ3n) is 5.45. The van der Waals surface area contributed by atoms with Gasteiger partial charge in [-0.1, -0.05) is 15.9 Å². The van der Waals surface area contributed by atoms with Crippen LogP contribution in [0.2, 0.25) is 0 Å². The van der Waals surface area contributed by atoms with Crippen molar-refractivity contribution in [3.05, 3.63) is 68.7 Å². The first-order chi connectivity index (χ1) is 15.1. The minimum absolute atomic E-state index is 0.0347. The van der Waals surface area contributed by atoms with E-state index in [-0.39, 0.29) is 18.1 Å². The molecule has 0 amide bonds. The van der Waals surface area contributed by atoms with Crippen LogP contribution in [0, 0.1) is 0 Å². The van der Waals surface area contributed by atoms with Crippen LogP contribution < -0.4 is 5.32 Å². The van der Waals surface area contributed by atoms with Gasteiger partial charge in [0.2, 0.25) is 0 Å². The Morgan fingerprint density at radius 3 is 1.85 bits per heavy atom. The molecule has 3 rings (SSSR count). The predicted molar refractivity (Wildman–Crippen MR) is 104 cm³/mol. The van der Waals surface area contributed by atoms with Gasteiger partial charge in [0.25, 0.3) is 0 Å². The van der Waals surface area contributed by atoms with Gasteiger partial charge in [-0.2, -0.15) is 39.5 Å². The lowest BCUT2D eigenvalue weighted by molar-refractivity contribution is -0.143. The van der Waals surface area contributed by atoms with Gasteiger partial charge in [-0.15, -0.1) is 0 Å². The van der Waals surface area contributed by atoms with Crippen molar-refractivity contribution in [1.29, 1.82) is 0 Å². The molecule has 12 heteroatoms. The summed E-state index contributed by atoms with van der Waals surface area (Å²) >= 11 is 3.18. The van der Waals surface area contributed by atoms with Crippen LogP contribution in [-0.2, 0) is 18.5 Å². The zero-order valence-corrected chi connectivity index (χ0v) is 18.1. The fraction of sp³-hybridized carbons (Fsp3) is 0.429. The van der Waals surface area contributed by atoms with E-state index in [1.807, 2.05) is 0 Å². The third-order valence-corrected chi connectivity index (χ3v) is 6.18. The molecule has 2 N–H and O–H groups in total. The fourth-order valence-corrected chi connectivity index (χ4v) is 4.35. The highest BCUT2D eigenvalue weighted by molar-refractivity contribution is 9.10. The van der Waals surface area contributed by atoms with Crippen molar-refractivity contribution in [2.45, 2.75) is 56.0 Å². The van der Waals surface area contributed by atoms with Gasteiger partial charge < -0.3 is 10.4 Å². The monoisotopic (exact) mass is 549 g/mol. The Balaban J connectivity index is 1.93. The molecule has 1 aliphatic rings. The summed E-state index contributed by atoms with van der Waals surface area (Å²) in [7, 11) is 0. The standard InChI is InChI=1S/C21H17BrF9NO/c22-15-5-4-11(19(23,24)25)9-14(15)16-2-1-3-17(32-16)18(33)10-6-12(20(26,27)28)8-13(7-10)21(29,30)31/h4-9,16-18,32-33H,1-3H2/t16-,17-,18?/m0/s1. The smallest absolute Gasteiger partial charge is 0.387 e. The molecular formula is C21H17BrF9NO. The molecule has 0 bridgehead atoms. The number of rotatable bonds is 3. The number of aliphatic hydroxyl groups excluding tert-OH is 1. The Kier molecular flexibility index (Phi) is 7.12. The highest BCUT2D eigenvalue weighted by Crippen LogP contribution is 2.41. The molecule has 1 heterocycles. The first-order valence-corrected chi connectivity index (χ1v) is 10.5. The topological polar surface area (TPSA) is 32.3 Å². The van der Waals surface area contributed by atoms with Crippen LogP contribution in [-0.4, -0.2) is 11.1 Å². The van der Waals surface area contributed by atoms with Gasteiger partial charge in [0.05, 0.1) is 22.8 Å². The van der Waals surface area contributed by atoms with Gasteiger partial charge in [-0.05, 0) is 66.8 Å². The third kappa shape index (κ3) is 6.02. The van der Waals surface area contributed by atoms with E-state index in [1.165, 1.54) is 6.07 Å². The molecule has 0 radical (unpaired) electrons. The van der Waals surface area contributed by atoms with Crippen LogP contribution in [0.3, 0.4) is 0 Å². The van der Waals surface area contributed by atoms with E-state index in [1.54, 1.807) is 0 Å². The lowest BCUT2D eigenvalue weighted by atomic mass is 9.87. The summed E-state index contributed by atoms with van der Waals surface area (Å²) < 4.78 is 119. The summed E-state index contributed by atoms with van der Waals surface area (Å²) in [6.07, 6.45) is -15.5. The Morgan fingerprint density at radius 2 is 1.33 bits per heavy atom. The molecule has 2 nitrogen and oxygen atoms in total. The minimum atomic E-state index is -5.07. The zero-order valence-electron chi connectivity index (χ0n) is 16.5. The molecule has 1 unspecified atom stereocenters. The van der Waals surface area contributed by atoms with E-state index in [0.29, 0.717) is 29.4 Å². The molecule has 33 heavy (non-hydrogen) atoms. The number of nitrogens with one attached hydrogen (secondary N) is 1. The quantitative estimate of drug-likeness (QED) is 0.390. The molecule has 0 saturated carbocycles. The predicted octanol–water partition coefficient (Wildman–Crippen LogP) is 7.42. The summed E-state index contributed by atoms with van der Waals surface area (Å²) in [5, 5.41) is 13.5. The second-order valence-corrected chi connectivity index (χ2v) is 8.63. The maximum atomic E-state index is 13.1. The number of hydrogen-bond acceptors (Lipinski definition) is 2. The maximum Gasteiger partial charge on any atom is 0.416 e. The molecule has 3 atom stereocenters. The Morgan fingerprint density at radius 1 is 0.788 bits per heavy atom. The molecule has 0 spiro atoms. The molecule has 0 aromatic heterocycles. The Hall–Kier alpha value is -1.79. The average Bonchev–Trinajstić information content (AvgIpc) is 2.71. The summed E-state index contributed by atoms with van der Waals surface area (Å²) in [6, 6.07) is 2.19. The van der Waals surface area contributed by atoms with Crippen molar-refractivity contribution < 1.29 is 44.6 Å². The second kappa shape index (κ2) is 9.10. The minimum Gasteiger partial charge on any atom is -0.387 e. The highest BCUT2D eigenvalue weighted by Gasteiger charge is 2.39. The first-order valence-electron chi connectivity index (χ1n) is 9.67. The highest BCUT2D eigenvalue weighted by atomic mass is 79.9. The number of aliphatic hydroxyl groups is 1. The zero-order chi connectivity index (χ0) is 24.8. The number of hydrogen-bond donors (Lipinski definition) is 2. The number of benzene rings is 2. The van der Waals surface area contributed by atoms with Gasteiger partial charge in [-0.3, -0.25) is 0 Å². The molecule has 0 aliphatic carbocycles. The molecule has 1 saturated heterocycles. The summed E-state index contributed by atoms with van der Waals surface area (Å²) in [4.78, 5) is 0. The first kappa shape index (κ1) is 25.8. The summed E-state index contributed by atoms with van der Waals surface area (Å²) in [6.45, 7) is 0. The van der Waals surface area contributed by atoms with Gasteiger partial charge in [-0.25, -0.2) is 0 Å². The van der Waals surface area contributed by atoms with Crippen molar-refractivity contribution in [2.75, 3.05) is 0 Å². The lowest BCUT2D eigenvalue weighted by Crippen LogP contribution is -2.41. The molecule has 2 aromatic carbocycles. The Labute approximate surface area is 190 Å². The maximum absolute atomic E-state index is 13.1. The number of halogens is 10. The van der Waals surface area contributed by atoms with Crippen LogP contribution >= 0.6 is 15.9 Å². The van der Waals surface area contributed by atoms with Gasteiger partial charge >= 0.3 is 18.5 Å². The van der Waals surface area contributed by atoms with Crippen molar-refractivity contribution in [3.8, 4) is 0 Å². The number of piperidine rings is 1. The number of alkyl halides is 9. The van der Waals surface area contributed by atoms with E-state index in [2.05, 4.69) is 21.2 Å². The molecule has 182 valence electrons. The fourth-order valence-electron chi connectivity index (χ4n) is 3.83. The van der Waals surface area contributed by atoms with Crippen molar-refractivity contribution >= 4 is 15.9 Å². The van der Waals surface area contributed by atoms with E-state index in [4.69, 9.17) is 0 Å². The van der Waals surface area contributed by atoms with E-state index in [0.717, 1.165) is 12.1 Å². The van der Waals surface area contributed by atoms with Crippen LogP contribution in [0.1, 0.15) is 59.2 Å². The lowest BCUT2D eigenvalue weighted by Gasteiger charge is -2.35. The van der Waals surface area contributed by atoms with Gasteiger partial charge in [0.1, 0.15) is 0 Å². The second-order valence-electron chi connectivity index (χ2n) is 7.77. The SMILES string of the molecule is OC(c1cc(C(F)(F)F)cc(C(F)(F)F)c1)[C@@H]1CCC[C@@H](c2cc(C(F)(F)F)ccc2Br)N1. The average molecular weight is 550 g/mol. The van der Waals surface area contributed by atoms with E-state index < -0.39 is 59.0 Å². The van der Waals surface area contributed by atoms with Crippen molar-refractivity contribution in [1.82, 2.24) is 5.32 Å². The van der Waals surface area contributed by atoms with E-state index >= 15 is 0 Å². The van der Waals surface area contributed by atoms with Crippen LogP contribution in [0.25, 0.3) is 0 Å². The van der Waals surface area contributed by atoms with Crippen LogP contribution in [0.4, 0.5) is 39.5 Å². The Bertz CT molecular complexity index is 968. The van der Waals surface area contributed by atoms with Crippen molar-refractivity contribution in [3.63, 3.8) is 0 Å². The van der Waals surface area contributed by atoms with Gasteiger partial charge in [0.15, 0.2) is 0 Å². The molecular weight excluding hydrogens is 533 g/mol. The van der Waals surface area contributed by atoms with Gasteiger partial charge in [0, 0.05) is 16.6 Å². The summed E-state index contributed by atoms with van der Waals surface area (Å²) in [5.74, 6) is 0. The van der Waals surface area contributed by atoms with Crippen LogP contribution in [0.15, 0.2) is 40.9 Å². The largest absolute Gasteiger partial charge is 0.416 e. The molecule has 2 aromatic rings. The molecule has 1 aliphatic heterocycles.